The van der Waals surface area contributed by atoms with Crippen LogP contribution in [-0.2, 0) is 6.42 Å². The van der Waals surface area contributed by atoms with Crippen molar-refractivity contribution in [3.05, 3.63) is 35.6 Å². The summed E-state index contributed by atoms with van der Waals surface area (Å²) in [7, 11) is 0. The van der Waals surface area contributed by atoms with Crippen LogP contribution in [0.5, 0.6) is 0 Å². The molecule has 0 aliphatic heterocycles. The van der Waals surface area contributed by atoms with Crippen molar-refractivity contribution in [2.45, 2.75) is 25.8 Å². The lowest BCUT2D eigenvalue weighted by atomic mass is 10.1. The molecule has 15 heavy (non-hydrogen) atoms. The molecule has 1 unspecified atom stereocenters. The van der Waals surface area contributed by atoms with Gasteiger partial charge in [-0.15, -0.1) is 0 Å². The fourth-order valence-corrected chi connectivity index (χ4v) is 2.28. The number of benzene rings is 1. The molecule has 1 aromatic carbocycles. The van der Waals surface area contributed by atoms with Crippen molar-refractivity contribution in [2.75, 3.05) is 11.5 Å². The van der Waals surface area contributed by atoms with E-state index in [0.717, 1.165) is 23.5 Å². The van der Waals surface area contributed by atoms with Crippen LogP contribution in [0, 0.1) is 5.82 Å². The Balaban J connectivity index is 2.34. The van der Waals surface area contributed by atoms with Crippen LogP contribution < -0.4 is 5.73 Å². The predicted octanol–water partition coefficient (Wildman–Crippen LogP) is 2.84. The molecule has 0 aliphatic carbocycles. The first-order chi connectivity index (χ1) is 7.22. The van der Waals surface area contributed by atoms with Gasteiger partial charge in [-0.2, -0.15) is 11.8 Å². The van der Waals surface area contributed by atoms with Gasteiger partial charge in [0.15, 0.2) is 0 Å². The summed E-state index contributed by atoms with van der Waals surface area (Å²) in [5, 5.41) is 0. The molecular formula is C12H18FNS. The Morgan fingerprint density at radius 1 is 1.47 bits per heavy atom. The van der Waals surface area contributed by atoms with Gasteiger partial charge in [0.2, 0.25) is 0 Å². The van der Waals surface area contributed by atoms with Crippen molar-refractivity contribution in [3.63, 3.8) is 0 Å². The Morgan fingerprint density at radius 2 is 2.27 bits per heavy atom. The molecule has 0 bridgehead atoms. The van der Waals surface area contributed by atoms with Crippen molar-refractivity contribution in [1.29, 1.82) is 0 Å². The van der Waals surface area contributed by atoms with Gasteiger partial charge in [-0.25, -0.2) is 4.39 Å². The third kappa shape index (κ3) is 5.19. The third-order valence-corrected chi connectivity index (χ3v) is 3.43. The zero-order valence-corrected chi connectivity index (χ0v) is 9.90. The zero-order chi connectivity index (χ0) is 11.1. The first-order valence-electron chi connectivity index (χ1n) is 5.30. The molecule has 0 spiro atoms. The van der Waals surface area contributed by atoms with Gasteiger partial charge in [0, 0.05) is 11.8 Å². The summed E-state index contributed by atoms with van der Waals surface area (Å²) in [6, 6.07) is 6.80. The van der Waals surface area contributed by atoms with E-state index in [0.29, 0.717) is 0 Å². The Bertz CT molecular complexity index is 291. The fraction of sp³-hybridized carbons (Fsp3) is 0.500. The molecule has 84 valence electrons. The second-order valence-corrected chi connectivity index (χ2v) is 4.82. The van der Waals surface area contributed by atoms with Crippen molar-refractivity contribution in [2.24, 2.45) is 5.73 Å². The number of thioether (sulfide) groups is 1. The smallest absolute Gasteiger partial charge is 0.123 e. The molecule has 0 aliphatic rings. The molecule has 0 fully saturated rings. The maximum Gasteiger partial charge on any atom is 0.123 e. The monoisotopic (exact) mass is 227 g/mol. The van der Waals surface area contributed by atoms with Crippen LogP contribution in [0.4, 0.5) is 4.39 Å². The van der Waals surface area contributed by atoms with Gasteiger partial charge in [-0.3, -0.25) is 0 Å². The van der Waals surface area contributed by atoms with Crippen LogP contribution >= 0.6 is 11.8 Å². The minimum atomic E-state index is -0.180. The summed E-state index contributed by atoms with van der Waals surface area (Å²) in [6.45, 7) is 2.16. The van der Waals surface area contributed by atoms with Gasteiger partial charge in [0.25, 0.3) is 0 Å². The highest BCUT2D eigenvalue weighted by atomic mass is 32.2. The van der Waals surface area contributed by atoms with E-state index in [1.165, 1.54) is 12.5 Å². The van der Waals surface area contributed by atoms with Gasteiger partial charge in [-0.1, -0.05) is 19.1 Å². The van der Waals surface area contributed by atoms with Gasteiger partial charge < -0.3 is 5.73 Å². The van der Waals surface area contributed by atoms with Crippen molar-refractivity contribution < 1.29 is 4.39 Å². The summed E-state index contributed by atoms with van der Waals surface area (Å²) in [4.78, 5) is 0. The standard InChI is InChI=1S/C12H18FNS/c1-2-6-15-9-12(14)8-10-4-3-5-11(13)7-10/h3-5,7,12H,2,6,8-9,14H2,1H3. The molecular weight excluding hydrogens is 209 g/mol. The van der Waals surface area contributed by atoms with E-state index in [9.17, 15) is 4.39 Å². The number of hydrogen-bond donors (Lipinski definition) is 1. The van der Waals surface area contributed by atoms with E-state index in [1.807, 2.05) is 17.8 Å². The van der Waals surface area contributed by atoms with Crippen LogP contribution in [0.15, 0.2) is 24.3 Å². The molecule has 1 atom stereocenters. The Labute approximate surface area is 95.2 Å². The third-order valence-electron chi connectivity index (χ3n) is 2.07. The molecule has 1 nitrogen and oxygen atoms in total. The van der Waals surface area contributed by atoms with Crippen LogP contribution in [0.25, 0.3) is 0 Å². The highest BCUT2D eigenvalue weighted by molar-refractivity contribution is 7.99. The average molecular weight is 227 g/mol. The molecule has 0 saturated heterocycles. The van der Waals surface area contributed by atoms with Gasteiger partial charge in [0.05, 0.1) is 0 Å². The SMILES string of the molecule is CCCSCC(N)Cc1cccc(F)c1. The van der Waals surface area contributed by atoms with Crippen molar-refractivity contribution >= 4 is 11.8 Å². The number of halogens is 1. The summed E-state index contributed by atoms with van der Waals surface area (Å²) < 4.78 is 12.9. The molecule has 3 heteroatoms. The summed E-state index contributed by atoms with van der Waals surface area (Å²) in [5.41, 5.74) is 6.94. The minimum Gasteiger partial charge on any atom is -0.327 e. The lowest BCUT2D eigenvalue weighted by Crippen LogP contribution is -2.25. The Hall–Kier alpha value is -0.540. The Kier molecular flexibility index (Phi) is 5.73. The molecule has 0 heterocycles. The second kappa shape index (κ2) is 6.85. The first-order valence-corrected chi connectivity index (χ1v) is 6.45. The maximum absolute atomic E-state index is 12.9. The summed E-state index contributed by atoms with van der Waals surface area (Å²) >= 11 is 1.87. The topological polar surface area (TPSA) is 26.0 Å². The van der Waals surface area contributed by atoms with E-state index in [1.54, 1.807) is 12.1 Å². The quantitative estimate of drug-likeness (QED) is 0.756. The van der Waals surface area contributed by atoms with E-state index in [4.69, 9.17) is 5.73 Å². The van der Waals surface area contributed by atoms with Crippen molar-refractivity contribution in [1.82, 2.24) is 0 Å². The molecule has 0 amide bonds. The molecule has 2 N–H and O–H groups in total. The van der Waals surface area contributed by atoms with E-state index < -0.39 is 0 Å². The minimum absolute atomic E-state index is 0.128. The first kappa shape index (κ1) is 12.5. The summed E-state index contributed by atoms with van der Waals surface area (Å²) in [6.07, 6.45) is 1.94. The zero-order valence-electron chi connectivity index (χ0n) is 9.08. The largest absolute Gasteiger partial charge is 0.327 e. The highest BCUT2D eigenvalue weighted by Crippen LogP contribution is 2.09. The fourth-order valence-electron chi connectivity index (χ4n) is 1.40. The van der Waals surface area contributed by atoms with Crippen LogP contribution in [-0.4, -0.2) is 17.5 Å². The van der Waals surface area contributed by atoms with Crippen molar-refractivity contribution in [3.8, 4) is 0 Å². The normalized spacial score (nSPS) is 12.7. The summed E-state index contributed by atoms with van der Waals surface area (Å²) in [5.74, 6) is 1.92. The lowest BCUT2D eigenvalue weighted by Gasteiger charge is -2.10. The molecule has 1 aromatic rings. The van der Waals surface area contributed by atoms with Gasteiger partial charge in [0.1, 0.15) is 5.82 Å². The predicted molar refractivity (Wildman–Crippen MR) is 65.7 cm³/mol. The molecule has 0 radical (unpaired) electrons. The number of nitrogens with two attached hydrogens (primary N) is 1. The second-order valence-electron chi connectivity index (χ2n) is 3.67. The Morgan fingerprint density at radius 3 is 2.93 bits per heavy atom. The lowest BCUT2D eigenvalue weighted by molar-refractivity contribution is 0.623. The van der Waals surface area contributed by atoms with Gasteiger partial charge in [-0.05, 0) is 36.3 Å². The van der Waals surface area contributed by atoms with Crippen LogP contribution in [0.2, 0.25) is 0 Å². The molecule has 1 rings (SSSR count). The average Bonchev–Trinajstić information content (AvgIpc) is 2.18. The van der Waals surface area contributed by atoms with E-state index in [2.05, 4.69) is 6.92 Å². The van der Waals surface area contributed by atoms with Gasteiger partial charge >= 0.3 is 0 Å². The highest BCUT2D eigenvalue weighted by Gasteiger charge is 2.04. The van der Waals surface area contributed by atoms with E-state index >= 15 is 0 Å². The van der Waals surface area contributed by atoms with E-state index in [-0.39, 0.29) is 11.9 Å². The van der Waals surface area contributed by atoms with Crippen LogP contribution in [0.1, 0.15) is 18.9 Å². The molecule has 0 aromatic heterocycles. The number of rotatable bonds is 6. The maximum atomic E-state index is 12.9. The number of hydrogen-bond acceptors (Lipinski definition) is 2. The molecule has 0 saturated carbocycles. The van der Waals surface area contributed by atoms with Crippen LogP contribution in [0.3, 0.4) is 0 Å².